The standard InChI is InChI=1S/C22H20N2O10S/c1-9(25)34-19-16-12-6-5-11(12)15(17(21(26)32-2)18(19)22(27)33-3)20(16)35-14-7-4-10(23(28)29)8-13(14)24(30)31/h4-8,11-12,15-16,19-20H,1-3H3. The number of hydrogen-bond donors (Lipinski definition) is 0. The number of nitro groups is 2. The van der Waals surface area contributed by atoms with Crippen LogP contribution in [0.3, 0.4) is 0 Å². The van der Waals surface area contributed by atoms with Crippen molar-refractivity contribution in [3.63, 3.8) is 0 Å². The number of hydrogen-bond acceptors (Lipinski definition) is 11. The van der Waals surface area contributed by atoms with E-state index in [0.717, 1.165) is 38.1 Å². The summed E-state index contributed by atoms with van der Waals surface area (Å²) >= 11 is 1.06. The molecule has 0 saturated heterocycles. The first-order valence-electron chi connectivity index (χ1n) is 10.5. The van der Waals surface area contributed by atoms with E-state index < -0.39 is 62.3 Å². The van der Waals surface area contributed by atoms with E-state index in [1.165, 1.54) is 13.0 Å². The van der Waals surface area contributed by atoms with Crippen molar-refractivity contribution in [2.45, 2.75) is 23.2 Å². The molecule has 0 amide bonds. The van der Waals surface area contributed by atoms with Gasteiger partial charge in [-0.1, -0.05) is 12.2 Å². The molecule has 1 fully saturated rings. The molecule has 3 aliphatic carbocycles. The zero-order valence-electron chi connectivity index (χ0n) is 18.7. The third kappa shape index (κ3) is 3.95. The zero-order valence-corrected chi connectivity index (χ0v) is 19.6. The molecule has 13 heteroatoms. The van der Waals surface area contributed by atoms with E-state index in [-0.39, 0.29) is 27.9 Å². The fourth-order valence-corrected chi connectivity index (χ4v) is 6.85. The van der Waals surface area contributed by atoms with E-state index in [9.17, 15) is 34.6 Å². The molecule has 0 spiro atoms. The number of carbonyl (C=O) groups is 3. The molecule has 0 radical (unpaired) electrons. The van der Waals surface area contributed by atoms with Crippen molar-refractivity contribution >= 4 is 41.0 Å². The molecule has 4 rings (SSSR count). The first-order valence-corrected chi connectivity index (χ1v) is 11.3. The molecular formula is C22H20N2O10S. The Hall–Kier alpha value is -3.74. The van der Waals surface area contributed by atoms with Crippen molar-refractivity contribution in [1.82, 2.24) is 0 Å². The van der Waals surface area contributed by atoms with Crippen molar-refractivity contribution in [2.75, 3.05) is 14.2 Å². The van der Waals surface area contributed by atoms with Gasteiger partial charge in [0.25, 0.3) is 11.4 Å². The summed E-state index contributed by atoms with van der Waals surface area (Å²) in [7, 11) is 2.30. The molecule has 0 heterocycles. The predicted molar refractivity (Wildman–Crippen MR) is 119 cm³/mol. The number of nitrogens with zero attached hydrogens (tertiary/aromatic N) is 2. The molecule has 3 aliphatic rings. The third-order valence-electron chi connectivity index (χ3n) is 6.57. The van der Waals surface area contributed by atoms with Gasteiger partial charge in [-0.05, 0) is 17.9 Å². The average Bonchev–Trinajstić information content (AvgIpc) is 2.95. The summed E-state index contributed by atoms with van der Waals surface area (Å²) in [6.45, 7) is 1.17. The number of rotatable bonds is 7. The minimum Gasteiger partial charge on any atom is -0.466 e. The minimum absolute atomic E-state index is 0.000708. The fraction of sp³-hybridized carbons (Fsp3) is 0.409. The van der Waals surface area contributed by atoms with Crippen molar-refractivity contribution in [3.8, 4) is 0 Å². The van der Waals surface area contributed by atoms with Gasteiger partial charge in [0, 0.05) is 30.1 Å². The van der Waals surface area contributed by atoms with Gasteiger partial charge >= 0.3 is 17.9 Å². The van der Waals surface area contributed by atoms with Crippen LogP contribution in [0.1, 0.15) is 6.92 Å². The molecule has 6 atom stereocenters. The highest BCUT2D eigenvalue weighted by molar-refractivity contribution is 8.00. The number of nitro benzene ring substituents is 2. The predicted octanol–water partition coefficient (Wildman–Crippen LogP) is 2.60. The molecule has 0 aliphatic heterocycles. The summed E-state index contributed by atoms with van der Waals surface area (Å²) in [5, 5.41) is 22.3. The maximum Gasteiger partial charge on any atom is 0.338 e. The van der Waals surface area contributed by atoms with Crippen LogP contribution in [-0.2, 0) is 28.6 Å². The SMILES string of the molecule is COC(=O)C1=C(C(=O)OC)C2C3C=CC3C(C1OC(C)=O)C2Sc1ccc([N+](=O)[O-])cc1[N+](=O)[O-]. The molecule has 12 nitrogen and oxygen atoms in total. The normalized spacial score (nSPS) is 28.0. The Labute approximate surface area is 202 Å². The van der Waals surface area contributed by atoms with Crippen LogP contribution in [0.15, 0.2) is 46.4 Å². The van der Waals surface area contributed by atoms with E-state index in [1.807, 2.05) is 12.2 Å². The first-order chi connectivity index (χ1) is 16.6. The number of methoxy groups -OCH3 is 2. The Morgan fingerprint density at radius 2 is 1.57 bits per heavy atom. The molecule has 0 N–H and O–H groups in total. The summed E-state index contributed by atoms with van der Waals surface area (Å²) in [4.78, 5) is 59.3. The summed E-state index contributed by atoms with van der Waals surface area (Å²) in [6.07, 6.45) is 2.61. The summed E-state index contributed by atoms with van der Waals surface area (Å²) in [5.41, 5.74) is -0.998. The van der Waals surface area contributed by atoms with E-state index in [4.69, 9.17) is 14.2 Å². The Morgan fingerprint density at radius 3 is 2.09 bits per heavy atom. The molecule has 2 bridgehead atoms. The lowest BCUT2D eigenvalue weighted by molar-refractivity contribution is -0.396. The lowest BCUT2D eigenvalue weighted by atomic mass is 9.77. The second-order valence-electron chi connectivity index (χ2n) is 8.23. The quantitative estimate of drug-likeness (QED) is 0.176. The number of benzene rings is 1. The topological polar surface area (TPSA) is 165 Å². The molecule has 6 unspecified atom stereocenters. The van der Waals surface area contributed by atoms with E-state index in [2.05, 4.69) is 0 Å². The second-order valence-corrected chi connectivity index (χ2v) is 9.45. The van der Waals surface area contributed by atoms with Crippen molar-refractivity contribution in [1.29, 1.82) is 0 Å². The van der Waals surface area contributed by atoms with Gasteiger partial charge in [0.1, 0.15) is 6.10 Å². The molecule has 184 valence electrons. The van der Waals surface area contributed by atoms with Gasteiger partial charge in [0.05, 0.1) is 46.2 Å². The lowest BCUT2D eigenvalue weighted by Crippen LogP contribution is -2.44. The van der Waals surface area contributed by atoms with Crippen LogP contribution in [-0.4, -0.2) is 53.3 Å². The van der Waals surface area contributed by atoms with E-state index in [1.54, 1.807) is 0 Å². The van der Waals surface area contributed by atoms with Crippen molar-refractivity contribution < 1.29 is 38.4 Å². The van der Waals surface area contributed by atoms with E-state index in [0.29, 0.717) is 0 Å². The van der Waals surface area contributed by atoms with Crippen LogP contribution in [0, 0.1) is 43.9 Å². The van der Waals surface area contributed by atoms with Crippen LogP contribution >= 0.6 is 11.8 Å². The highest BCUT2D eigenvalue weighted by atomic mass is 32.2. The maximum absolute atomic E-state index is 12.9. The Bertz CT molecular complexity index is 1210. The van der Waals surface area contributed by atoms with Crippen LogP contribution in [0.25, 0.3) is 0 Å². The zero-order chi connectivity index (χ0) is 25.6. The number of esters is 3. The van der Waals surface area contributed by atoms with Crippen molar-refractivity contribution in [3.05, 3.63) is 61.7 Å². The Morgan fingerprint density at radius 1 is 0.943 bits per heavy atom. The van der Waals surface area contributed by atoms with Gasteiger partial charge in [-0.3, -0.25) is 25.0 Å². The molecule has 35 heavy (non-hydrogen) atoms. The average molecular weight is 504 g/mol. The van der Waals surface area contributed by atoms with Crippen molar-refractivity contribution in [2.24, 2.45) is 23.7 Å². The summed E-state index contributed by atoms with van der Waals surface area (Å²) in [5.74, 6) is -3.81. The Kier molecular flexibility index (Phi) is 6.36. The monoisotopic (exact) mass is 504 g/mol. The number of allylic oxidation sites excluding steroid dienone is 2. The van der Waals surface area contributed by atoms with Gasteiger partial charge in [-0.15, -0.1) is 11.8 Å². The summed E-state index contributed by atoms with van der Waals surface area (Å²) in [6, 6.07) is 3.32. The highest BCUT2D eigenvalue weighted by Gasteiger charge is 2.63. The van der Waals surface area contributed by atoms with Crippen LogP contribution in [0.4, 0.5) is 11.4 Å². The maximum atomic E-state index is 12.9. The number of thioether (sulfide) groups is 1. The Balaban J connectivity index is 1.87. The number of non-ortho nitro benzene ring substituents is 1. The van der Waals surface area contributed by atoms with Crippen LogP contribution in [0.5, 0.6) is 0 Å². The van der Waals surface area contributed by atoms with Crippen LogP contribution in [0.2, 0.25) is 0 Å². The van der Waals surface area contributed by atoms with Gasteiger partial charge in [0.15, 0.2) is 0 Å². The molecule has 1 aromatic rings. The van der Waals surface area contributed by atoms with Crippen LogP contribution < -0.4 is 0 Å². The number of carbonyl (C=O) groups excluding carboxylic acids is 3. The second kappa shape index (κ2) is 9.13. The molecule has 1 saturated carbocycles. The molecule has 0 aromatic heterocycles. The van der Waals surface area contributed by atoms with Gasteiger partial charge in [-0.2, -0.15) is 0 Å². The number of ether oxygens (including phenoxy) is 3. The van der Waals surface area contributed by atoms with Gasteiger partial charge in [-0.25, -0.2) is 9.59 Å². The summed E-state index contributed by atoms with van der Waals surface area (Å²) < 4.78 is 15.4. The first kappa shape index (κ1) is 24.4. The minimum atomic E-state index is -1.15. The fourth-order valence-electron chi connectivity index (χ4n) is 5.21. The number of fused-ring (bicyclic) bond motifs is 5. The highest BCUT2D eigenvalue weighted by Crippen LogP contribution is 2.62. The largest absolute Gasteiger partial charge is 0.466 e. The van der Waals surface area contributed by atoms with E-state index >= 15 is 0 Å². The van der Waals surface area contributed by atoms with Gasteiger partial charge < -0.3 is 14.2 Å². The smallest absolute Gasteiger partial charge is 0.338 e. The third-order valence-corrected chi connectivity index (χ3v) is 8.05. The molecule has 1 aromatic carbocycles. The lowest BCUT2D eigenvalue weighted by Gasteiger charge is -2.37. The molecular weight excluding hydrogens is 484 g/mol. The van der Waals surface area contributed by atoms with Gasteiger partial charge in [0.2, 0.25) is 0 Å².